The average molecular weight is 240 g/mol. The van der Waals surface area contributed by atoms with E-state index in [9.17, 15) is 5.11 Å². The first-order chi connectivity index (χ1) is 6.20. The third-order valence-electron chi connectivity index (χ3n) is 2.15. The number of aliphatic hydroxyl groups is 1. The van der Waals surface area contributed by atoms with Gasteiger partial charge in [-0.25, -0.2) is 0 Å². The summed E-state index contributed by atoms with van der Waals surface area (Å²) in [4.78, 5) is 3.13. The van der Waals surface area contributed by atoms with Gasteiger partial charge in [0.2, 0.25) is 0 Å². The Bertz CT molecular complexity index is 433. The quantitative estimate of drug-likeness (QED) is 0.789. The van der Waals surface area contributed by atoms with Crippen LogP contribution >= 0.6 is 15.9 Å². The number of benzene rings is 1. The second kappa shape index (κ2) is 3.16. The number of aliphatic hydroxyl groups excluding tert-OH is 1. The molecule has 0 aliphatic rings. The zero-order valence-electron chi connectivity index (χ0n) is 7.21. The van der Waals surface area contributed by atoms with Crippen molar-refractivity contribution in [1.29, 1.82) is 0 Å². The van der Waals surface area contributed by atoms with E-state index in [4.69, 9.17) is 0 Å². The molecule has 1 unspecified atom stereocenters. The molecule has 1 heterocycles. The number of hydrogen-bond donors (Lipinski definition) is 2. The second-order valence-electron chi connectivity index (χ2n) is 3.08. The molecular formula is C10H10BrNO. The van der Waals surface area contributed by atoms with Gasteiger partial charge < -0.3 is 10.1 Å². The number of nitrogens with one attached hydrogen (secondary N) is 1. The molecule has 2 nitrogen and oxygen atoms in total. The second-order valence-corrected chi connectivity index (χ2v) is 3.94. The zero-order valence-corrected chi connectivity index (χ0v) is 8.80. The summed E-state index contributed by atoms with van der Waals surface area (Å²) in [5, 5.41) is 10.6. The Morgan fingerprint density at radius 3 is 2.92 bits per heavy atom. The van der Waals surface area contributed by atoms with Crippen molar-refractivity contribution in [1.82, 2.24) is 4.98 Å². The monoisotopic (exact) mass is 239 g/mol. The summed E-state index contributed by atoms with van der Waals surface area (Å²) in [5.41, 5.74) is 1.94. The van der Waals surface area contributed by atoms with E-state index < -0.39 is 6.10 Å². The van der Waals surface area contributed by atoms with E-state index >= 15 is 0 Å². The molecular weight excluding hydrogens is 230 g/mol. The van der Waals surface area contributed by atoms with Crippen molar-refractivity contribution >= 4 is 26.8 Å². The minimum absolute atomic E-state index is 0.436. The predicted octanol–water partition coefficient (Wildman–Crippen LogP) is 2.98. The maximum atomic E-state index is 9.50. The van der Waals surface area contributed by atoms with E-state index in [-0.39, 0.29) is 0 Å². The third-order valence-corrected chi connectivity index (χ3v) is 2.80. The summed E-state index contributed by atoms with van der Waals surface area (Å²) in [6, 6.07) is 5.89. The summed E-state index contributed by atoms with van der Waals surface area (Å²) in [5.74, 6) is 0. The van der Waals surface area contributed by atoms with Crippen LogP contribution in [0.3, 0.4) is 0 Å². The zero-order chi connectivity index (χ0) is 9.42. The van der Waals surface area contributed by atoms with Gasteiger partial charge >= 0.3 is 0 Å². The van der Waals surface area contributed by atoms with Gasteiger partial charge in [-0.3, -0.25) is 0 Å². The molecule has 2 aromatic rings. The summed E-state index contributed by atoms with van der Waals surface area (Å²) in [7, 11) is 0. The number of halogens is 1. The Labute approximate surface area is 84.7 Å². The number of hydrogen-bond acceptors (Lipinski definition) is 1. The highest BCUT2D eigenvalue weighted by molar-refractivity contribution is 9.10. The molecule has 0 radical (unpaired) electrons. The van der Waals surface area contributed by atoms with Gasteiger partial charge in [0.05, 0.1) is 11.6 Å². The van der Waals surface area contributed by atoms with E-state index in [0.717, 1.165) is 20.9 Å². The normalized spacial score (nSPS) is 13.5. The van der Waals surface area contributed by atoms with E-state index in [0.29, 0.717) is 0 Å². The molecule has 3 heteroatoms. The van der Waals surface area contributed by atoms with Gasteiger partial charge in [-0.15, -0.1) is 0 Å². The molecule has 0 aliphatic heterocycles. The van der Waals surface area contributed by atoms with Crippen LogP contribution in [0.4, 0.5) is 0 Å². The van der Waals surface area contributed by atoms with Crippen molar-refractivity contribution in [2.75, 3.05) is 0 Å². The molecule has 68 valence electrons. The Morgan fingerprint density at radius 1 is 1.46 bits per heavy atom. The van der Waals surface area contributed by atoms with Crippen LogP contribution in [-0.4, -0.2) is 10.1 Å². The van der Waals surface area contributed by atoms with Gasteiger partial charge in [0.1, 0.15) is 0 Å². The van der Waals surface area contributed by atoms with E-state index in [1.807, 2.05) is 24.4 Å². The van der Waals surface area contributed by atoms with Crippen LogP contribution in [0, 0.1) is 0 Å². The Kier molecular flexibility index (Phi) is 2.14. The minimum atomic E-state index is -0.436. The fourth-order valence-corrected chi connectivity index (χ4v) is 1.94. The van der Waals surface area contributed by atoms with Crippen LogP contribution in [0.15, 0.2) is 28.9 Å². The Balaban J connectivity index is 2.77. The molecule has 0 aliphatic carbocycles. The number of H-pyrrole nitrogens is 1. The molecule has 0 saturated carbocycles. The van der Waals surface area contributed by atoms with Crippen molar-refractivity contribution in [2.45, 2.75) is 13.0 Å². The van der Waals surface area contributed by atoms with Crippen LogP contribution in [0.1, 0.15) is 18.6 Å². The first kappa shape index (κ1) is 8.78. The van der Waals surface area contributed by atoms with Crippen molar-refractivity contribution in [3.63, 3.8) is 0 Å². The number of aromatic nitrogens is 1. The molecule has 1 atom stereocenters. The molecule has 0 spiro atoms. The van der Waals surface area contributed by atoms with Crippen LogP contribution in [0.25, 0.3) is 10.9 Å². The highest BCUT2D eigenvalue weighted by Gasteiger charge is 2.08. The molecule has 0 saturated heterocycles. The molecule has 13 heavy (non-hydrogen) atoms. The Hall–Kier alpha value is -0.800. The fourth-order valence-electron chi connectivity index (χ4n) is 1.49. The van der Waals surface area contributed by atoms with Crippen molar-refractivity contribution < 1.29 is 5.11 Å². The molecule has 2 N–H and O–H groups in total. The lowest BCUT2D eigenvalue weighted by Crippen LogP contribution is -1.91. The van der Waals surface area contributed by atoms with Crippen LogP contribution in [0.5, 0.6) is 0 Å². The number of aromatic amines is 1. The summed E-state index contributed by atoms with van der Waals surface area (Å²) < 4.78 is 1.03. The van der Waals surface area contributed by atoms with Gasteiger partial charge in [-0.2, -0.15) is 0 Å². The molecule has 0 amide bonds. The van der Waals surface area contributed by atoms with Crippen molar-refractivity contribution in [2.24, 2.45) is 0 Å². The minimum Gasteiger partial charge on any atom is -0.389 e. The number of fused-ring (bicyclic) bond motifs is 1. The van der Waals surface area contributed by atoms with Gasteiger partial charge in [-0.1, -0.05) is 18.2 Å². The van der Waals surface area contributed by atoms with Gasteiger partial charge in [-0.05, 0) is 22.9 Å². The highest BCUT2D eigenvalue weighted by atomic mass is 79.9. The van der Waals surface area contributed by atoms with Crippen molar-refractivity contribution in [3.8, 4) is 0 Å². The number of rotatable bonds is 1. The summed E-state index contributed by atoms with van der Waals surface area (Å²) >= 11 is 3.44. The average Bonchev–Trinajstić information content (AvgIpc) is 2.48. The molecule has 2 rings (SSSR count). The largest absolute Gasteiger partial charge is 0.389 e. The van der Waals surface area contributed by atoms with Crippen molar-refractivity contribution in [3.05, 3.63) is 34.4 Å². The SMILES string of the molecule is CC(O)c1cccc2c(Br)c[nH]c12. The van der Waals surface area contributed by atoms with Crippen LogP contribution in [0.2, 0.25) is 0 Å². The lowest BCUT2D eigenvalue weighted by atomic mass is 10.1. The van der Waals surface area contributed by atoms with Crippen LogP contribution < -0.4 is 0 Å². The smallest absolute Gasteiger partial charge is 0.0782 e. The van der Waals surface area contributed by atoms with E-state index in [1.54, 1.807) is 6.92 Å². The molecule has 0 bridgehead atoms. The van der Waals surface area contributed by atoms with Gasteiger partial charge in [0.15, 0.2) is 0 Å². The number of para-hydroxylation sites is 1. The summed E-state index contributed by atoms with van der Waals surface area (Å²) in [6.45, 7) is 1.77. The molecule has 1 aromatic carbocycles. The van der Waals surface area contributed by atoms with E-state index in [1.165, 1.54) is 0 Å². The first-order valence-corrected chi connectivity index (χ1v) is 4.93. The Morgan fingerprint density at radius 2 is 2.23 bits per heavy atom. The topological polar surface area (TPSA) is 36.0 Å². The fraction of sp³-hybridized carbons (Fsp3) is 0.200. The van der Waals surface area contributed by atoms with Gasteiger partial charge in [0, 0.05) is 21.6 Å². The lowest BCUT2D eigenvalue weighted by molar-refractivity contribution is 0.200. The predicted molar refractivity (Wildman–Crippen MR) is 56.6 cm³/mol. The van der Waals surface area contributed by atoms with E-state index in [2.05, 4.69) is 20.9 Å². The molecule has 1 aromatic heterocycles. The van der Waals surface area contributed by atoms with Gasteiger partial charge in [0.25, 0.3) is 0 Å². The van der Waals surface area contributed by atoms with Crippen LogP contribution in [-0.2, 0) is 0 Å². The lowest BCUT2D eigenvalue weighted by Gasteiger charge is -2.05. The third kappa shape index (κ3) is 1.38. The molecule has 0 fully saturated rings. The standard InChI is InChI=1S/C10H10BrNO/c1-6(13)7-3-2-4-8-9(11)5-12-10(7)8/h2-6,12-13H,1H3. The highest BCUT2D eigenvalue weighted by Crippen LogP contribution is 2.28. The first-order valence-electron chi connectivity index (χ1n) is 4.13. The maximum Gasteiger partial charge on any atom is 0.0782 e. The maximum absolute atomic E-state index is 9.50. The summed E-state index contributed by atoms with van der Waals surface area (Å²) in [6.07, 6.45) is 1.45.